The summed E-state index contributed by atoms with van der Waals surface area (Å²) in [7, 11) is 0. The fourth-order valence-corrected chi connectivity index (χ4v) is 3.36. The molecule has 0 spiro atoms. The van der Waals surface area contributed by atoms with Crippen molar-refractivity contribution < 1.29 is 9.47 Å². The van der Waals surface area contributed by atoms with Gasteiger partial charge in [-0.2, -0.15) is 15.2 Å². The van der Waals surface area contributed by atoms with Crippen LogP contribution >= 0.6 is 11.6 Å². The maximum Gasteiger partial charge on any atom is 0.326 e. The van der Waals surface area contributed by atoms with Crippen LogP contribution in [0.5, 0.6) is 11.8 Å². The van der Waals surface area contributed by atoms with E-state index in [0.29, 0.717) is 54.1 Å². The van der Waals surface area contributed by atoms with Crippen LogP contribution in [-0.2, 0) is 11.2 Å². The molecule has 1 N–H and O–H groups in total. The predicted molar refractivity (Wildman–Crippen MR) is 100 cm³/mol. The van der Waals surface area contributed by atoms with E-state index in [1.54, 1.807) is 6.07 Å². The van der Waals surface area contributed by atoms with Crippen molar-refractivity contribution in [1.82, 2.24) is 19.9 Å². The Hall–Kier alpha value is -2.89. The van der Waals surface area contributed by atoms with Crippen molar-refractivity contribution in [2.45, 2.75) is 13.3 Å². The fraction of sp³-hybridized carbons (Fsp3) is 0.333. The third-order valence-electron chi connectivity index (χ3n) is 4.34. The molecule has 0 saturated carbocycles. The van der Waals surface area contributed by atoms with Crippen molar-refractivity contribution in [3.63, 3.8) is 0 Å². The first kappa shape index (κ1) is 17.5. The molecular formula is C18H17ClN6O2. The van der Waals surface area contributed by atoms with Crippen LogP contribution in [0.15, 0.2) is 18.5 Å². The number of aromatic amines is 1. The topological polar surface area (TPSA) is 100.0 Å². The Morgan fingerprint density at radius 1 is 1.33 bits per heavy atom. The monoisotopic (exact) mass is 384 g/mol. The molecule has 0 atom stereocenters. The number of aryl methyl sites for hydroxylation is 1. The Labute approximate surface area is 160 Å². The lowest BCUT2D eigenvalue weighted by atomic mass is 10.2. The van der Waals surface area contributed by atoms with Crippen molar-refractivity contribution >= 4 is 28.5 Å². The molecule has 3 aromatic rings. The molecule has 0 bridgehead atoms. The number of anilines is 1. The van der Waals surface area contributed by atoms with Gasteiger partial charge in [0.25, 0.3) is 0 Å². The Balaban J connectivity index is 1.80. The Bertz CT molecular complexity index is 1020. The normalized spacial score (nSPS) is 14.3. The van der Waals surface area contributed by atoms with E-state index in [4.69, 9.17) is 26.3 Å². The van der Waals surface area contributed by atoms with Gasteiger partial charge < -0.3 is 19.4 Å². The molecule has 8 nitrogen and oxygen atoms in total. The number of pyridine rings is 1. The van der Waals surface area contributed by atoms with Crippen molar-refractivity contribution in [2.24, 2.45) is 0 Å². The maximum atomic E-state index is 9.03. The molecule has 3 aromatic heterocycles. The lowest BCUT2D eigenvalue weighted by Gasteiger charge is -2.28. The van der Waals surface area contributed by atoms with Gasteiger partial charge in [0.05, 0.1) is 35.4 Å². The standard InChI is InChI=1S/C18H17ClN6O2/c1-2-13-15(19)14-16(22-13)23-18(24-17(14)25-3-5-26-6-4-25)27-12-7-11(8-20)9-21-10-12/h7,9-10H,2-6H2,1H3,(H,22,23,24). The first-order chi connectivity index (χ1) is 13.2. The highest BCUT2D eigenvalue weighted by molar-refractivity contribution is 6.37. The lowest BCUT2D eigenvalue weighted by molar-refractivity contribution is 0.122. The average Bonchev–Trinajstić information content (AvgIpc) is 3.04. The quantitative estimate of drug-likeness (QED) is 0.737. The first-order valence-corrected chi connectivity index (χ1v) is 9.01. The fourth-order valence-electron chi connectivity index (χ4n) is 3.00. The number of nitrogens with zero attached hydrogens (tertiary/aromatic N) is 5. The zero-order valence-corrected chi connectivity index (χ0v) is 15.5. The number of ether oxygens (including phenoxy) is 2. The minimum Gasteiger partial charge on any atom is -0.422 e. The second kappa shape index (κ2) is 7.39. The second-order valence-corrected chi connectivity index (χ2v) is 6.43. The summed E-state index contributed by atoms with van der Waals surface area (Å²) in [6.45, 7) is 4.69. The number of halogens is 1. The summed E-state index contributed by atoms with van der Waals surface area (Å²) in [4.78, 5) is 18.4. The molecule has 9 heteroatoms. The van der Waals surface area contributed by atoms with E-state index in [1.165, 1.54) is 12.4 Å². The van der Waals surface area contributed by atoms with E-state index in [0.717, 1.165) is 17.5 Å². The number of rotatable bonds is 4. The highest BCUT2D eigenvalue weighted by atomic mass is 35.5. The SMILES string of the molecule is CCc1[nH]c2nc(Oc3cncc(C#N)c3)nc(N3CCOCC3)c2c1Cl. The largest absolute Gasteiger partial charge is 0.422 e. The van der Waals surface area contributed by atoms with E-state index < -0.39 is 0 Å². The molecule has 1 aliphatic heterocycles. The summed E-state index contributed by atoms with van der Waals surface area (Å²) in [6, 6.07) is 3.79. The van der Waals surface area contributed by atoms with Crippen LogP contribution in [0, 0.1) is 11.3 Å². The van der Waals surface area contributed by atoms with Gasteiger partial charge in [-0.05, 0) is 6.42 Å². The van der Waals surface area contributed by atoms with Gasteiger partial charge in [0.15, 0.2) is 5.75 Å². The molecule has 1 fully saturated rings. The van der Waals surface area contributed by atoms with Gasteiger partial charge in [0.1, 0.15) is 17.5 Å². The molecule has 0 amide bonds. The van der Waals surface area contributed by atoms with Gasteiger partial charge >= 0.3 is 6.01 Å². The van der Waals surface area contributed by atoms with Gasteiger partial charge in [-0.3, -0.25) is 4.98 Å². The minimum absolute atomic E-state index is 0.168. The molecule has 138 valence electrons. The number of nitriles is 1. The number of hydrogen-bond donors (Lipinski definition) is 1. The summed E-state index contributed by atoms with van der Waals surface area (Å²) in [5, 5.41) is 10.4. The first-order valence-electron chi connectivity index (χ1n) is 8.63. The molecular weight excluding hydrogens is 368 g/mol. The third kappa shape index (κ3) is 3.39. The van der Waals surface area contributed by atoms with Crippen LogP contribution in [0.25, 0.3) is 11.0 Å². The van der Waals surface area contributed by atoms with E-state index in [1.807, 2.05) is 13.0 Å². The molecule has 1 saturated heterocycles. The van der Waals surface area contributed by atoms with Crippen molar-refractivity contribution in [1.29, 1.82) is 5.26 Å². The van der Waals surface area contributed by atoms with E-state index >= 15 is 0 Å². The highest BCUT2D eigenvalue weighted by Crippen LogP contribution is 2.36. The van der Waals surface area contributed by atoms with Crippen molar-refractivity contribution in [3.05, 3.63) is 34.7 Å². The van der Waals surface area contributed by atoms with Crippen LogP contribution in [0.3, 0.4) is 0 Å². The van der Waals surface area contributed by atoms with Gasteiger partial charge in [-0.1, -0.05) is 18.5 Å². The summed E-state index contributed by atoms with van der Waals surface area (Å²) < 4.78 is 11.2. The lowest BCUT2D eigenvalue weighted by Crippen LogP contribution is -2.37. The van der Waals surface area contributed by atoms with Gasteiger partial charge in [-0.15, -0.1) is 0 Å². The molecule has 4 rings (SSSR count). The Morgan fingerprint density at radius 3 is 2.89 bits per heavy atom. The smallest absolute Gasteiger partial charge is 0.326 e. The molecule has 0 aromatic carbocycles. The Morgan fingerprint density at radius 2 is 2.15 bits per heavy atom. The predicted octanol–water partition coefficient (Wildman–Crippen LogP) is 3.07. The van der Waals surface area contributed by atoms with Crippen LogP contribution in [0.1, 0.15) is 18.2 Å². The van der Waals surface area contributed by atoms with Crippen LogP contribution < -0.4 is 9.64 Å². The Kier molecular flexibility index (Phi) is 4.79. The molecule has 0 radical (unpaired) electrons. The molecule has 27 heavy (non-hydrogen) atoms. The van der Waals surface area contributed by atoms with Gasteiger partial charge in [0, 0.05) is 31.0 Å². The molecule has 0 aliphatic carbocycles. The van der Waals surface area contributed by atoms with Gasteiger partial charge in [0.2, 0.25) is 0 Å². The zero-order chi connectivity index (χ0) is 18.8. The number of fused-ring (bicyclic) bond motifs is 1. The average molecular weight is 385 g/mol. The molecule has 0 unspecified atom stereocenters. The number of morpholine rings is 1. The minimum atomic E-state index is 0.168. The number of H-pyrrole nitrogens is 1. The summed E-state index contributed by atoms with van der Waals surface area (Å²) >= 11 is 6.58. The van der Waals surface area contributed by atoms with Crippen LogP contribution in [0.4, 0.5) is 5.82 Å². The van der Waals surface area contributed by atoms with E-state index in [9.17, 15) is 0 Å². The molecule has 4 heterocycles. The van der Waals surface area contributed by atoms with E-state index in [2.05, 4.69) is 24.8 Å². The highest BCUT2D eigenvalue weighted by Gasteiger charge is 2.23. The summed E-state index contributed by atoms with van der Waals surface area (Å²) in [5.41, 5.74) is 1.92. The van der Waals surface area contributed by atoms with Crippen LogP contribution in [-0.4, -0.2) is 46.2 Å². The second-order valence-electron chi connectivity index (χ2n) is 6.05. The van der Waals surface area contributed by atoms with Crippen LogP contribution in [0.2, 0.25) is 5.02 Å². The molecule has 1 aliphatic rings. The van der Waals surface area contributed by atoms with Crippen molar-refractivity contribution in [3.8, 4) is 17.8 Å². The summed E-state index contributed by atoms with van der Waals surface area (Å²) in [5.74, 6) is 1.11. The van der Waals surface area contributed by atoms with E-state index in [-0.39, 0.29) is 6.01 Å². The number of hydrogen-bond acceptors (Lipinski definition) is 7. The van der Waals surface area contributed by atoms with Gasteiger partial charge in [-0.25, -0.2) is 0 Å². The third-order valence-corrected chi connectivity index (χ3v) is 4.76. The zero-order valence-electron chi connectivity index (χ0n) is 14.7. The maximum absolute atomic E-state index is 9.03. The number of nitrogens with one attached hydrogen (secondary N) is 1. The summed E-state index contributed by atoms with van der Waals surface area (Å²) in [6.07, 6.45) is 3.73. The number of aromatic nitrogens is 4. The van der Waals surface area contributed by atoms with Crippen molar-refractivity contribution in [2.75, 3.05) is 31.2 Å².